The van der Waals surface area contributed by atoms with E-state index in [1.54, 1.807) is 6.92 Å². The van der Waals surface area contributed by atoms with E-state index in [1.807, 2.05) is 60.4 Å². The van der Waals surface area contributed by atoms with Crippen LogP contribution in [0.3, 0.4) is 0 Å². The van der Waals surface area contributed by atoms with E-state index in [0.717, 1.165) is 11.1 Å². The van der Waals surface area contributed by atoms with E-state index in [-0.39, 0.29) is 29.8 Å². The minimum Gasteiger partial charge on any atom is -0.391 e. The largest absolute Gasteiger partial charge is 0.391 e. The van der Waals surface area contributed by atoms with Crippen LogP contribution in [0.25, 0.3) is 0 Å². The Labute approximate surface area is 202 Å². The van der Waals surface area contributed by atoms with Crippen molar-refractivity contribution in [1.29, 1.82) is 0 Å². The molecule has 0 radical (unpaired) electrons. The van der Waals surface area contributed by atoms with Crippen LogP contribution in [0, 0.1) is 11.3 Å². The fourth-order valence-corrected chi connectivity index (χ4v) is 5.65. The average molecular weight is 474 g/mol. The van der Waals surface area contributed by atoms with Crippen LogP contribution in [-0.2, 0) is 4.79 Å². The van der Waals surface area contributed by atoms with Crippen LogP contribution in [0.2, 0.25) is 10.0 Å². The third kappa shape index (κ3) is 4.90. The fraction of sp³-hybridized carbons (Fsp3) is 0.444. The van der Waals surface area contributed by atoms with Gasteiger partial charge in [0.05, 0.1) is 23.6 Å². The zero-order valence-corrected chi connectivity index (χ0v) is 20.8. The van der Waals surface area contributed by atoms with Crippen molar-refractivity contribution in [3.05, 3.63) is 82.4 Å². The van der Waals surface area contributed by atoms with Gasteiger partial charge in [-0.1, -0.05) is 74.3 Å². The Morgan fingerprint density at radius 1 is 1.12 bits per heavy atom. The first kappa shape index (κ1) is 24.8. The van der Waals surface area contributed by atoms with Crippen LogP contribution >= 0.6 is 23.2 Å². The maximum atomic E-state index is 14.1. The Balaban J connectivity index is 2.27. The first-order valence-electron chi connectivity index (χ1n) is 11.2. The van der Waals surface area contributed by atoms with Gasteiger partial charge < -0.3 is 10.0 Å². The Bertz CT molecular complexity index is 948. The lowest BCUT2D eigenvalue weighted by molar-refractivity contribution is -0.160. The van der Waals surface area contributed by atoms with Crippen LogP contribution in [0.15, 0.2) is 61.2 Å². The van der Waals surface area contributed by atoms with Gasteiger partial charge in [-0.2, -0.15) is 0 Å². The number of piperidine rings is 1. The molecule has 1 aliphatic heterocycles. The van der Waals surface area contributed by atoms with Crippen molar-refractivity contribution in [2.45, 2.75) is 64.6 Å². The van der Waals surface area contributed by atoms with Gasteiger partial charge in [0.2, 0.25) is 5.91 Å². The molecule has 2 aromatic rings. The molecule has 4 unspecified atom stereocenters. The molecular weight excluding hydrogens is 441 g/mol. The van der Waals surface area contributed by atoms with E-state index in [1.165, 1.54) is 0 Å². The predicted octanol–water partition coefficient (Wildman–Crippen LogP) is 7.04. The van der Waals surface area contributed by atoms with Gasteiger partial charge in [-0.05, 0) is 61.1 Å². The quantitative estimate of drug-likeness (QED) is 0.438. The molecule has 3 nitrogen and oxygen atoms in total. The third-order valence-corrected chi connectivity index (χ3v) is 7.17. The molecule has 1 saturated heterocycles. The number of benzene rings is 2. The standard InChI is InChI=1S/C27H33Cl2NO2/c1-6-14-27(5)16-23(20-8-7-9-22(29)15-20)25(19-10-12-21(28)13-11-19)30(26(27)32)24(17(2)3)18(4)31/h6-13,15,17-18,23-25,31H,1,14,16H2,2-5H3/t18-,23?,24?,25?,27?/m0/s1. The highest BCUT2D eigenvalue weighted by molar-refractivity contribution is 6.30. The summed E-state index contributed by atoms with van der Waals surface area (Å²) in [4.78, 5) is 16.0. The lowest BCUT2D eigenvalue weighted by Crippen LogP contribution is -2.59. The number of aliphatic hydroxyl groups excluding tert-OH is 1. The zero-order valence-electron chi connectivity index (χ0n) is 19.3. The zero-order chi connectivity index (χ0) is 23.6. The molecule has 0 spiro atoms. The average Bonchev–Trinajstić information content (AvgIpc) is 2.72. The van der Waals surface area contributed by atoms with E-state index < -0.39 is 11.5 Å². The molecule has 0 aliphatic carbocycles. The normalized spacial score (nSPS) is 25.6. The van der Waals surface area contributed by atoms with Crippen molar-refractivity contribution in [2.24, 2.45) is 11.3 Å². The topological polar surface area (TPSA) is 40.5 Å². The Morgan fingerprint density at radius 2 is 1.78 bits per heavy atom. The molecule has 3 rings (SSSR count). The molecule has 0 saturated carbocycles. The van der Waals surface area contributed by atoms with Crippen molar-refractivity contribution in [3.8, 4) is 0 Å². The second kappa shape index (κ2) is 9.99. The maximum Gasteiger partial charge on any atom is 0.229 e. The smallest absolute Gasteiger partial charge is 0.229 e. The first-order chi connectivity index (χ1) is 15.1. The molecule has 2 aromatic carbocycles. The summed E-state index contributed by atoms with van der Waals surface area (Å²) in [6.45, 7) is 11.8. The van der Waals surface area contributed by atoms with Gasteiger partial charge in [-0.3, -0.25) is 4.79 Å². The molecule has 172 valence electrons. The highest BCUT2D eigenvalue weighted by atomic mass is 35.5. The van der Waals surface area contributed by atoms with Gasteiger partial charge >= 0.3 is 0 Å². The van der Waals surface area contributed by atoms with E-state index in [9.17, 15) is 9.90 Å². The number of hydrogen-bond acceptors (Lipinski definition) is 2. The minimum absolute atomic E-state index is 0.00229. The van der Waals surface area contributed by atoms with E-state index in [2.05, 4.69) is 26.5 Å². The molecule has 1 N–H and O–H groups in total. The molecule has 0 bridgehead atoms. The Morgan fingerprint density at radius 3 is 2.31 bits per heavy atom. The fourth-order valence-electron chi connectivity index (χ4n) is 5.33. The van der Waals surface area contributed by atoms with Crippen LogP contribution in [-0.4, -0.2) is 28.1 Å². The summed E-state index contributed by atoms with van der Waals surface area (Å²) in [6, 6.07) is 15.0. The molecular formula is C27H33Cl2NO2. The molecule has 1 heterocycles. The number of nitrogens with zero attached hydrogens (tertiary/aromatic N) is 1. The van der Waals surface area contributed by atoms with Crippen LogP contribution < -0.4 is 0 Å². The molecule has 5 atom stereocenters. The third-order valence-electron chi connectivity index (χ3n) is 6.68. The summed E-state index contributed by atoms with van der Waals surface area (Å²) < 4.78 is 0. The molecule has 32 heavy (non-hydrogen) atoms. The number of halogens is 2. The summed E-state index contributed by atoms with van der Waals surface area (Å²) in [7, 11) is 0. The molecule has 1 amide bonds. The number of amides is 1. The number of aliphatic hydroxyl groups is 1. The van der Waals surface area contributed by atoms with Gasteiger partial charge in [0.15, 0.2) is 0 Å². The Hall–Kier alpha value is -1.81. The van der Waals surface area contributed by atoms with Crippen molar-refractivity contribution < 1.29 is 9.90 Å². The number of allylic oxidation sites excluding steroid dienone is 1. The summed E-state index contributed by atoms with van der Waals surface area (Å²) in [5, 5.41) is 12.1. The van der Waals surface area contributed by atoms with Gasteiger partial charge in [-0.25, -0.2) is 0 Å². The molecule has 1 fully saturated rings. The van der Waals surface area contributed by atoms with Crippen LogP contribution in [0.1, 0.15) is 63.6 Å². The van der Waals surface area contributed by atoms with Crippen LogP contribution in [0.4, 0.5) is 0 Å². The number of carbonyl (C=O) groups is 1. The van der Waals surface area contributed by atoms with E-state index >= 15 is 0 Å². The number of likely N-dealkylation sites (tertiary alicyclic amines) is 1. The monoisotopic (exact) mass is 473 g/mol. The second-order valence-corrected chi connectivity index (χ2v) is 10.5. The van der Waals surface area contributed by atoms with E-state index in [0.29, 0.717) is 22.9 Å². The number of hydrogen-bond donors (Lipinski definition) is 1. The van der Waals surface area contributed by atoms with E-state index in [4.69, 9.17) is 23.2 Å². The SMILES string of the molecule is C=CCC1(C)CC(c2cccc(Cl)c2)C(c2ccc(Cl)cc2)N(C(C(C)C)[C@H](C)O)C1=O. The summed E-state index contributed by atoms with van der Waals surface area (Å²) in [5.41, 5.74) is 1.46. The van der Waals surface area contributed by atoms with Gasteiger partial charge in [0, 0.05) is 16.0 Å². The number of carbonyl (C=O) groups excluding carboxylic acids is 1. The predicted molar refractivity (Wildman–Crippen MR) is 133 cm³/mol. The summed E-state index contributed by atoms with van der Waals surface area (Å²) in [5.74, 6) is 0.118. The summed E-state index contributed by atoms with van der Waals surface area (Å²) >= 11 is 12.6. The highest BCUT2D eigenvalue weighted by Crippen LogP contribution is 2.52. The lowest BCUT2D eigenvalue weighted by atomic mass is 9.66. The van der Waals surface area contributed by atoms with Gasteiger partial charge in [-0.15, -0.1) is 6.58 Å². The first-order valence-corrected chi connectivity index (χ1v) is 12.0. The molecule has 0 aromatic heterocycles. The Kier molecular flexibility index (Phi) is 7.75. The van der Waals surface area contributed by atoms with Gasteiger partial charge in [0.25, 0.3) is 0 Å². The maximum absolute atomic E-state index is 14.1. The van der Waals surface area contributed by atoms with Crippen molar-refractivity contribution in [1.82, 2.24) is 4.90 Å². The van der Waals surface area contributed by atoms with Crippen LogP contribution in [0.5, 0.6) is 0 Å². The van der Waals surface area contributed by atoms with Crippen molar-refractivity contribution in [3.63, 3.8) is 0 Å². The number of rotatable bonds is 7. The molecule has 1 aliphatic rings. The van der Waals surface area contributed by atoms with Crippen molar-refractivity contribution in [2.75, 3.05) is 0 Å². The van der Waals surface area contributed by atoms with Gasteiger partial charge in [0.1, 0.15) is 0 Å². The van der Waals surface area contributed by atoms with Crippen molar-refractivity contribution >= 4 is 29.1 Å². The second-order valence-electron chi connectivity index (χ2n) is 9.60. The molecule has 5 heteroatoms. The minimum atomic E-state index is -0.681. The summed E-state index contributed by atoms with van der Waals surface area (Å²) in [6.07, 6.45) is 2.37. The lowest BCUT2D eigenvalue weighted by Gasteiger charge is -2.53. The highest BCUT2D eigenvalue weighted by Gasteiger charge is 2.52.